The van der Waals surface area contributed by atoms with E-state index in [-0.39, 0.29) is 18.2 Å². The molecule has 0 radical (unpaired) electrons. The van der Waals surface area contributed by atoms with E-state index in [1.807, 2.05) is 12.1 Å². The maximum atomic E-state index is 13.1. The molecule has 1 aliphatic heterocycles. The number of amides is 2. The molecule has 4 nitrogen and oxygen atoms in total. The monoisotopic (exact) mass is 316 g/mol. The normalized spacial score (nSPS) is 13.2. The first kappa shape index (κ1) is 14.6. The van der Waals surface area contributed by atoms with Crippen molar-refractivity contribution in [3.63, 3.8) is 0 Å². The van der Waals surface area contributed by atoms with Crippen molar-refractivity contribution in [2.24, 2.45) is 0 Å². The summed E-state index contributed by atoms with van der Waals surface area (Å²) < 4.78 is 13.1. The van der Waals surface area contributed by atoms with E-state index in [2.05, 4.69) is 10.6 Å². The molecule has 2 aromatic carbocycles. The average Bonchev–Trinajstić information content (AvgIpc) is 2.46. The van der Waals surface area contributed by atoms with Gasteiger partial charge in [0.2, 0.25) is 11.8 Å². The first-order valence-electron chi connectivity index (χ1n) is 6.71. The fourth-order valence-corrected chi connectivity index (χ4v) is 2.99. The summed E-state index contributed by atoms with van der Waals surface area (Å²) >= 11 is 1.47. The Hall–Kier alpha value is -2.34. The van der Waals surface area contributed by atoms with Crippen molar-refractivity contribution in [1.29, 1.82) is 0 Å². The Morgan fingerprint density at radius 1 is 1.27 bits per heavy atom. The van der Waals surface area contributed by atoms with Crippen molar-refractivity contribution in [1.82, 2.24) is 0 Å². The zero-order chi connectivity index (χ0) is 15.5. The highest BCUT2D eigenvalue weighted by molar-refractivity contribution is 8.00. The van der Waals surface area contributed by atoms with E-state index in [9.17, 15) is 14.0 Å². The second-order valence-electron chi connectivity index (χ2n) is 4.90. The Kier molecular flexibility index (Phi) is 4.11. The Labute approximate surface area is 131 Å². The summed E-state index contributed by atoms with van der Waals surface area (Å²) in [6.45, 7) is 0. The van der Waals surface area contributed by atoms with Crippen LogP contribution in [0.2, 0.25) is 0 Å². The molecule has 22 heavy (non-hydrogen) atoms. The van der Waals surface area contributed by atoms with E-state index in [1.165, 1.54) is 30.0 Å². The zero-order valence-corrected chi connectivity index (χ0v) is 12.4. The van der Waals surface area contributed by atoms with Gasteiger partial charge in [-0.1, -0.05) is 12.1 Å². The van der Waals surface area contributed by atoms with Crippen molar-refractivity contribution in [2.45, 2.75) is 11.3 Å². The minimum absolute atomic E-state index is 0.0427. The number of anilines is 2. The fraction of sp³-hybridized carbons (Fsp3) is 0.125. The van der Waals surface area contributed by atoms with Crippen LogP contribution in [0, 0.1) is 5.82 Å². The van der Waals surface area contributed by atoms with Crippen molar-refractivity contribution < 1.29 is 14.0 Å². The Morgan fingerprint density at radius 2 is 2.14 bits per heavy atom. The molecular weight excluding hydrogens is 303 g/mol. The van der Waals surface area contributed by atoms with E-state index in [0.717, 1.165) is 16.1 Å². The lowest BCUT2D eigenvalue weighted by Crippen LogP contribution is -2.19. The number of carbonyl (C=O) groups is 2. The molecule has 0 spiro atoms. The minimum atomic E-state index is -0.397. The van der Waals surface area contributed by atoms with E-state index in [1.54, 1.807) is 12.1 Å². The van der Waals surface area contributed by atoms with Crippen LogP contribution in [-0.4, -0.2) is 17.6 Å². The van der Waals surface area contributed by atoms with E-state index >= 15 is 0 Å². The summed E-state index contributed by atoms with van der Waals surface area (Å²) in [5.41, 5.74) is 1.94. The largest absolute Gasteiger partial charge is 0.326 e. The molecule has 2 aromatic rings. The number of hydrogen-bond acceptors (Lipinski definition) is 3. The van der Waals surface area contributed by atoms with Gasteiger partial charge in [-0.25, -0.2) is 4.39 Å². The van der Waals surface area contributed by atoms with Crippen LogP contribution >= 0.6 is 11.8 Å². The van der Waals surface area contributed by atoms with E-state index in [0.29, 0.717) is 11.4 Å². The van der Waals surface area contributed by atoms with Crippen LogP contribution in [-0.2, 0) is 16.0 Å². The third kappa shape index (κ3) is 3.46. The number of benzene rings is 2. The number of fused-ring (bicyclic) bond motifs is 1. The molecule has 0 aromatic heterocycles. The second kappa shape index (κ2) is 6.19. The molecule has 2 amide bonds. The number of carbonyl (C=O) groups excluding carboxylic acids is 2. The van der Waals surface area contributed by atoms with Crippen LogP contribution in [0.1, 0.15) is 5.56 Å². The summed E-state index contributed by atoms with van der Waals surface area (Å²) in [6, 6.07) is 11.3. The molecular formula is C16H13FN2O2S. The molecule has 0 saturated heterocycles. The van der Waals surface area contributed by atoms with Crippen LogP contribution in [0.4, 0.5) is 15.8 Å². The van der Waals surface area contributed by atoms with Crippen molar-refractivity contribution in [2.75, 3.05) is 16.4 Å². The maximum absolute atomic E-state index is 13.1. The smallest absolute Gasteiger partial charge is 0.234 e. The lowest BCUT2D eigenvalue weighted by atomic mass is 10.1. The van der Waals surface area contributed by atoms with Gasteiger partial charge in [-0.2, -0.15) is 0 Å². The third-order valence-corrected chi connectivity index (χ3v) is 4.22. The third-order valence-electron chi connectivity index (χ3n) is 3.15. The minimum Gasteiger partial charge on any atom is -0.326 e. The molecule has 112 valence electrons. The Morgan fingerprint density at radius 3 is 2.95 bits per heavy atom. The Balaban J connectivity index is 1.69. The average molecular weight is 316 g/mol. The number of rotatable bonds is 3. The number of nitrogens with one attached hydrogen (secondary N) is 2. The quantitative estimate of drug-likeness (QED) is 0.915. The predicted molar refractivity (Wildman–Crippen MR) is 84.5 cm³/mol. The van der Waals surface area contributed by atoms with Crippen LogP contribution in [0.15, 0.2) is 47.4 Å². The van der Waals surface area contributed by atoms with Gasteiger partial charge in [0.05, 0.1) is 17.9 Å². The van der Waals surface area contributed by atoms with Crippen LogP contribution in [0.5, 0.6) is 0 Å². The summed E-state index contributed by atoms with van der Waals surface area (Å²) in [4.78, 5) is 24.4. The molecule has 0 unspecified atom stereocenters. The molecule has 0 aliphatic carbocycles. The van der Waals surface area contributed by atoms with Crippen molar-refractivity contribution >= 4 is 35.0 Å². The van der Waals surface area contributed by atoms with Crippen LogP contribution in [0.25, 0.3) is 0 Å². The fourth-order valence-electron chi connectivity index (χ4n) is 2.20. The van der Waals surface area contributed by atoms with E-state index < -0.39 is 5.82 Å². The maximum Gasteiger partial charge on any atom is 0.234 e. The van der Waals surface area contributed by atoms with Gasteiger partial charge in [-0.05, 0) is 35.9 Å². The predicted octanol–water partition coefficient (Wildman–Crippen LogP) is 3.05. The molecule has 1 aliphatic rings. The van der Waals surface area contributed by atoms with Crippen molar-refractivity contribution in [3.05, 3.63) is 53.8 Å². The number of hydrogen-bond donors (Lipinski definition) is 2. The van der Waals surface area contributed by atoms with Crippen molar-refractivity contribution in [3.8, 4) is 0 Å². The number of halogens is 1. The Bertz CT molecular complexity index is 749. The van der Waals surface area contributed by atoms with Gasteiger partial charge in [0.15, 0.2) is 0 Å². The zero-order valence-electron chi connectivity index (χ0n) is 11.6. The SMILES string of the molecule is O=C(Cc1ccc2c(c1)NC(=O)CS2)Nc1cccc(F)c1. The van der Waals surface area contributed by atoms with Gasteiger partial charge in [0.1, 0.15) is 5.82 Å². The standard InChI is InChI=1S/C16H13FN2O2S/c17-11-2-1-3-12(8-11)18-15(20)7-10-4-5-14-13(6-10)19-16(21)9-22-14/h1-6,8H,7,9H2,(H,18,20)(H,19,21). The molecule has 0 saturated carbocycles. The van der Waals surface area contributed by atoms with Crippen LogP contribution in [0.3, 0.4) is 0 Å². The summed E-state index contributed by atoms with van der Waals surface area (Å²) in [5.74, 6) is -0.266. The highest BCUT2D eigenvalue weighted by Crippen LogP contribution is 2.32. The highest BCUT2D eigenvalue weighted by atomic mass is 32.2. The first-order chi connectivity index (χ1) is 10.6. The molecule has 1 heterocycles. The van der Waals surface area contributed by atoms with Gasteiger partial charge < -0.3 is 10.6 Å². The molecule has 6 heteroatoms. The van der Waals surface area contributed by atoms with Gasteiger partial charge in [0, 0.05) is 10.6 Å². The van der Waals surface area contributed by atoms with Gasteiger partial charge in [0.25, 0.3) is 0 Å². The highest BCUT2D eigenvalue weighted by Gasteiger charge is 2.16. The molecule has 3 rings (SSSR count). The van der Waals surface area contributed by atoms with E-state index in [4.69, 9.17) is 0 Å². The summed E-state index contributed by atoms with van der Waals surface area (Å²) in [6.07, 6.45) is 0.157. The van der Waals surface area contributed by atoms with Gasteiger partial charge >= 0.3 is 0 Å². The van der Waals surface area contributed by atoms with Gasteiger partial charge in [-0.15, -0.1) is 11.8 Å². The summed E-state index contributed by atoms with van der Waals surface area (Å²) in [5, 5.41) is 5.44. The van der Waals surface area contributed by atoms with Crippen LogP contribution < -0.4 is 10.6 Å². The van der Waals surface area contributed by atoms with Gasteiger partial charge in [-0.3, -0.25) is 9.59 Å². The molecule has 0 fully saturated rings. The topological polar surface area (TPSA) is 58.2 Å². The lowest BCUT2D eigenvalue weighted by Gasteiger charge is -2.17. The first-order valence-corrected chi connectivity index (χ1v) is 7.70. The molecule has 0 atom stereocenters. The lowest BCUT2D eigenvalue weighted by molar-refractivity contribution is -0.115. The second-order valence-corrected chi connectivity index (χ2v) is 5.92. The molecule has 2 N–H and O–H groups in total. The number of thioether (sulfide) groups is 1. The molecule has 0 bridgehead atoms. The summed E-state index contributed by atoms with van der Waals surface area (Å²) in [7, 11) is 0.